The van der Waals surface area contributed by atoms with E-state index < -0.39 is 0 Å². The molecule has 2 heterocycles. The van der Waals surface area contributed by atoms with Gasteiger partial charge in [-0.1, -0.05) is 152 Å². The molecule has 0 saturated heterocycles. The summed E-state index contributed by atoms with van der Waals surface area (Å²) in [5.41, 5.74) is 9.32. The predicted octanol–water partition coefficient (Wildman–Crippen LogP) is 15.6. The molecule has 0 saturated carbocycles. The molecule has 0 unspecified atom stereocenters. The lowest BCUT2D eigenvalue weighted by Gasteiger charge is -2.19. The van der Waals surface area contributed by atoms with Gasteiger partial charge in [-0.3, -0.25) is 0 Å². The van der Waals surface area contributed by atoms with Crippen molar-refractivity contribution in [3.8, 4) is 33.4 Å². The highest BCUT2D eigenvalue weighted by atomic mass is 32.1. The van der Waals surface area contributed by atoms with Crippen molar-refractivity contribution in [2.75, 3.05) is 0 Å². The quantitative estimate of drug-likeness (QED) is 0.167. The van der Waals surface area contributed by atoms with Crippen molar-refractivity contribution in [2.24, 2.45) is 0 Å². The highest BCUT2D eigenvalue weighted by molar-refractivity contribution is 7.26. The first kappa shape index (κ1) is 29.8. The molecule has 2 heteroatoms. The second kappa shape index (κ2) is 11.4. The number of benzene rings is 10. The third kappa shape index (κ3) is 4.26. The molecule has 0 spiro atoms. The lowest BCUT2D eigenvalue weighted by atomic mass is 9.85. The van der Waals surface area contributed by atoms with Crippen LogP contribution in [0.1, 0.15) is 0 Å². The Balaban J connectivity index is 1.12. The van der Waals surface area contributed by atoms with E-state index in [9.17, 15) is 0 Å². The van der Waals surface area contributed by atoms with Crippen LogP contribution in [0.5, 0.6) is 0 Å². The van der Waals surface area contributed by atoms with Crippen LogP contribution >= 0.6 is 11.3 Å². The maximum Gasteiger partial charge on any atom is 0.143 e. The van der Waals surface area contributed by atoms with E-state index in [1.807, 2.05) is 11.3 Å². The number of hydrogen-bond acceptors (Lipinski definition) is 2. The molecule has 10 aromatic carbocycles. The highest BCUT2D eigenvalue weighted by Crippen LogP contribution is 2.48. The Hall–Kier alpha value is -6.74. The van der Waals surface area contributed by atoms with Crippen LogP contribution in [0.25, 0.3) is 119 Å². The summed E-state index contributed by atoms with van der Waals surface area (Å²) in [6.07, 6.45) is 0. The predicted molar refractivity (Wildman–Crippen MR) is 233 cm³/mol. The van der Waals surface area contributed by atoms with E-state index in [-0.39, 0.29) is 0 Å². The molecule has 0 aliphatic carbocycles. The molecule has 0 amide bonds. The molecule has 12 rings (SSSR count). The number of thiophene rings is 1. The molecule has 250 valence electrons. The Morgan fingerprint density at radius 3 is 1.67 bits per heavy atom. The lowest BCUT2D eigenvalue weighted by Crippen LogP contribution is -1.91. The molecule has 1 nitrogen and oxygen atoms in total. The Bertz CT molecular complexity index is 3450. The molecule has 2 aromatic heterocycles. The van der Waals surface area contributed by atoms with Crippen molar-refractivity contribution in [1.29, 1.82) is 0 Å². The van der Waals surface area contributed by atoms with E-state index in [1.54, 1.807) is 0 Å². The Kier molecular flexibility index (Phi) is 6.28. The van der Waals surface area contributed by atoms with Gasteiger partial charge < -0.3 is 4.42 Å². The van der Waals surface area contributed by atoms with E-state index in [4.69, 9.17) is 4.42 Å². The molecule has 12 aromatic rings. The third-order valence-corrected chi connectivity index (χ3v) is 12.6. The summed E-state index contributed by atoms with van der Waals surface area (Å²) in [6, 6.07) is 66.8. The largest absolute Gasteiger partial charge is 0.455 e. The molecule has 0 atom stereocenters. The maximum absolute atomic E-state index is 6.65. The summed E-state index contributed by atoms with van der Waals surface area (Å²) in [7, 11) is 0. The fourth-order valence-corrected chi connectivity index (χ4v) is 10.3. The average molecular weight is 703 g/mol. The molecular formula is C52H30OS. The van der Waals surface area contributed by atoms with Gasteiger partial charge >= 0.3 is 0 Å². The van der Waals surface area contributed by atoms with Gasteiger partial charge in [0.15, 0.2) is 0 Å². The monoisotopic (exact) mass is 702 g/mol. The zero-order chi connectivity index (χ0) is 35.3. The number of rotatable bonds is 3. The smallest absolute Gasteiger partial charge is 0.143 e. The Labute approximate surface area is 314 Å². The molecule has 0 aliphatic rings. The van der Waals surface area contributed by atoms with Crippen molar-refractivity contribution < 1.29 is 4.42 Å². The summed E-state index contributed by atoms with van der Waals surface area (Å²) < 4.78 is 9.31. The van der Waals surface area contributed by atoms with Gasteiger partial charge in [-0.2, -0.15) is 0 Å². The second-order valence-electron chi connectivity index (χ2n) is 14.3. The SMILES string of the molecule is c1cc(-c2c3ccccc3c(-c3cccc4c3sc3ccccc34)c3ccccc23)cc(-c2cc3c4cc5ccccc5cc4oc3c3ccccc23)c1. The molecule has 0 fully saturated rings. The second-order valence-corrected chi connectivity index (χ2v) is 15.4. The number of hydrogen-bond donors (Lipinski definition) is 0. The maximum atomic E-state index is 6.65. The van der Waals surface area contributed by atoms with E-state index in [2.05, 4.69) is 182 Å². The first-order valence-electron chi connectivity index (χ1n) is 18.5. The van der Waals surface area contributed by atoms with Gasteiger partial charge in [-0.05, 0) is 95.9 Å². The van der Waals surface area contributed by atoms with Crippen molar-refractivity contribution >= 4 is 96.5 Å². The number of fused-ring (bicyclic) bond motifs is 11. The number of furan rings is 1. The van der Waals surface area contributed by atoms with Crippen LogP contribution < -0.4 is 0 Å². The minimum Gasteiger partial charge on any atom is -0.455 e. The third-order valence-electron chi connectivity index (χ3n) is 11.4. The van der Waals surface area contributed by atoms with Gasteiger partial charge in [-0.25, -0.2) is 0 Å². The van der Waals surface area contributed by atoms with Crippen molar-refractivity contribution in [3.05, 3.63) is 182 Å². The fourth-order valence-electron chi connectivity index (χ4n) is 9.04. The van der Waals surface area contributed by atoms with Gasteiger partial charge in [0.05, 0.1) is 0 Å². The van der Waals surface area contributed by atoms with Gasteiger partial charge in [0.25, 0.3) is 0 Å². The van der Waals surface area contributed by atoms with Gasteiger partial charge in [0, 0.05) is 41.9 Å². The van der Waals surface area contributed by atoms with Crippen LogP contribution in [0.4, 0.5) is 0 Å². The van der Waals surface area contributed by atoms with Crippen molar-refractivity contribution in [1.82, 2.24) is 0 Å². The van der Waals surface area contributed by atoms with Crippen LogP contribution in [-0.4, -0.2) is 0 Å². The first-order valence-corrected chi connectivity index (χ1v) is 19.3. The topological polar surface area (TPSA) is 13.1 Å². The van der Waals surface area contributed by atoms with E-state index in [0.29, 0.717) is 0 Å². The average Bonchev–Trinajstić information content (AvgIpc) is 3.80. The molecule has 0 N–H and O–H groups in total. The van der Waals surface area contributed by atoms with Crippen LogP contribution in [0, 0.1) is 0 Å². The summed E-state index contributed by atoms with van der Waals surface area (Å²) >= 11 is 1.90. The Morgan fingerprint density at radius 1 is 0.333 bits per heavy atom. The van der Waals surface area contributed by atoms with Crippen molar-refractivity contribution in [2.45, 2.75) is 0 Å². The zero-order valence-electron chi connectivity index (χ0n) is 29.1. The molecular weight excluding hydrogens is 673 g/mol. The highest BCUT2D eigenvalue weighted by Gasteiger charge is 2.21. The van der Waals surface area contributed by atoms with E-state index in [1.165, 1.54) is 91.3 Å². The minimum absolute atomic E-state index is 0.920. The fraction of sp³-hybridized carbons (Fsp3) is 0. The minimum atomic E-state index is 0.920. The normalized spacial score (nSPS) is 12.1. The van der Waals surface area contributed by atoms with Gasteiger partial charge in [0.2, 0.25) is 0 Å². The molecule has 54 heavy (non-hydrogen) atoms. The molecule has 0 radical (unpaired) electrons. The summed E-state index contributed by atoms with van der Waals surface area (Å²) in [6.45, 7) is 0. The zero-order valence-corrected chi connectivity index (χ0v) is 30.0. The Morgan fingerprint density at radius 2 is 0.907 bits per heavy atom. The van der Waals surface area contributed by atoms with Crippen LogP contribution in [0.15, 0.2) is 186 Å². The first-order chi connectivity index (χ1) is 26.8. The summed E-state index contributed by atoms with van der Waals surface area (Å²) in [5.74, 6) is 0. The van der Waals surface area contributed by atoms with Crippen LogP contribution in [-0.2, 0) is 0 Å². The molecule has 0 bridgehead atoms. The van der Waals surface area contributed by atoms with Crippen LogP contribution in [0.2, 0.25) is 0 Å². The van der Waals surface area contributed by atoms with Crippen LogP contribution in [0.3, 0.4) is 0 Å². The van der Waals surface area contributed by atoms with E-state index in [0.717, 1.165) is 27.3 Å². The van der Waals surface area contributed by atoms with Crippen molar-refractivity contribution in [3.63, 3.8) is 0 Å². The van der Waals surface area contributed by atoms with Gasteiger partial charge in [-0.15, -0.1) is 11.3 Å². The molecule has 0 aliphatic heterocycles. The van der Waals surface area contributed by atoms with E-state index >= 15 is 0 Å². The summed E-state index contributed by atoms with van der Waals surface area (Å²) in [5, 5.41) is 14.7. The lowest BCUT2D eigenvalue weighted by molar-refractivity contribution is 0.673. The standard InChI is InChI=1S/C52H30OS/c1-2-14-32-29-47-45(28-31(32)13-1)46-30-44(35-17-3-8-23-41(35)51(46)53-47)33-15-11-16-34(27-33)49-37-19-4-6-21-39(37)50(40-22-7-5-20-38(40)49)43-25-12-24-42-36-18-9-10-26-48(36)54-52(42)43/h1-30H. The van der Waals surface area contributed by atoms with Gasteiger partial charge in [0.1, 0.15) is 11.2 Å². The summed E-state index contributed by atoms with van der Waals surface area (Å²) in [4.78, 5) is 0.